The Morgan fingerprint density at radius 2 is 2.18 bits per heavy atom. The van der Waals surface area contributed by atoms with Crippen molar-refractivity contribution in [1.82, 2.24) is 0 Å². The molecule has 1 aromatic rings. The number of rotatable bonds is 1. The van der Waals surface area contributed by atoms with Crippen molar-refractivity contribution in [3.63, 3.8) is 0 Å². The molecule has 0 saturated heterocycles. The minimum Gasteiger partial charge on any atom is -0.505 e. The van der Waals surface area contributed by atoms with Gasteiger partial charge in [0.05, 0.1) is 11.4 Å². The van der Waals surface area contributed by atoms with Crippen LogP contribution in [0.5, 0.6) is 5.75 Å². The lowest BCUT2D eigenvalue weighted by Crippen LogP contribution is -1.96. The normalized spacial score (nSPS) is 9.64. The molecule has 4 N–H and O–H groups in total. The summed E-state index contributed by atoms with van der Waals surface area (Å²) < 4.78 is 12.5. The van der Waals surface area contributed by atoms with Crippen LogP contribution in [-0.4, -0.2) is 12.2 Å². The van der Waals surface area contributed by atoms with E-state index in [0.29, 0.717) is 5.69 Å². The number of phenols is 1. The van der Waals surface area contributed by atoms with E-state index in [1.807, 2.05) is 0 Å². The Kier molecular flexibility index (Phi) is 1.85. The highest BCUT2D eigenvalue weighted by Crippen LogP contribution is 2.26. The molecule has 0 fully saturated rings. The van der Waals surface area contributed by atoms with E-state index >= 15 is 0 Å². The minimum atomic E-state index is -0.707. The number of hydrogen-bond acceptors (Lipinski definition) is 3. The van der Waals surface area contributed by atoms with Gasteiger partial charge in [0.25, 0.3) is 0 Å². The molecule has 1 aromatic carbocycles. The highest BCUT2D eigenvalue weighted by atomic mass is 19.1. The van der Waals surface area contributed by atoms with E-state index in [-0.39, 0.29) is 5.69 Å². The van der Waals surface area contributed by atoms with Crippen LogP contribution in [0.1, 0.15) is 0 Å². The Bertz CT molecular complexity index is 275. The average molecular weight is 156 g/mol. The summed E-state index contributed by atoms with van der Waals surface area (Å²) in [4.78, 5) is 0. The van der Waals surface area contributed by atoms with Crippen LogP contribution >= 0.6 is 0 Å². The fourth-order valence-corrected chi connectivity index (χ4v) is 0.794. The van der Waals surface area contributed by atoms with E-state index < -0.39 is 11.6 Å². The van der Waals surface area contributed by atoms with Crippen LogP contribution < -0.4 is 11.1 Å². The maximum Gasteiger partial charge on any atom is 0.167 e. The molecule has 0 bridgehead atoms. The standard InChI is InChI=1S/C7H9FN2O/c1-10-6-3-7(11)4(8)2-5(6)9/h2-3,10-11H,9H2,1H3. The summed E-state index contributed by atoms with van der Waals surface area (Å²) in [5.74, 6) is -1.11. The van der Waals surface area contributed by atoms with Gasteiger partial charge in [-0.25, -0.2) is 4.39 Å². The van der Waals surface area contributed by atoms with Gasteiger partial charge in [0.15, 0.2) is 11.6 Å². The van der Waals surface area contributed by atoms with Crippen molar-refractivity contribution in [3.05, 3.63) is 17.9 Å². The first-order valence-corrected chi connectivity index (χ1v) is 3.11. The van der Waals surface area contributed by atoms with Gasteiger partial charge in [0.1, 0.15) is 0 Å². The van der Waals surface area contributed by atoms with E-state index in [9.17, 15) is 4.39 Å². The van der Waals surface area contributed by atoms with Crippen LogP contribution in [0.4, 0.5) is 15.8 Å². The summed E-state index contributed by atoms with van der Waals surface area (Å²) in [5.41, 5.74) is 6.19. The molecule has 0 radical (unpaired) electrons. The molecule has 4 heteroatoms. The van der Waals surface area contributed by atoms with Crippen molar-refractivity contribution in [2.75, 3.05) is 18.1 Å². The Hall–Kier alpha value is -1.45. The predicted octanol–water partition coefficient (Wildman–Crippen LogP) is 1.16. The van der Waals surface area contributed by atoms with Gasteiger partial charge in [-0.3, -0.25) is 0 Å². The quantitative estimate of drug-likeness (QED) is 0.422. The van der Waals surface area contributed by atoms with Crippen molar-refractivity contribution in [2.24, 2.45) is 0 Å². The van der Waals surface area contributed by atoms with Crippen molar-refractivity contribution >= 4 is 11.4 Å². The zero-order chi connectivity index (χ0) is 8.43. The molecule has 0 heterocycles. The molecule has 0 saturated carbocycles. The number of benzene rings is 1. The molecular weight excluding hydrogens is 147 g/mol. The first kappa shape index (κ1) is 7.65. The molecule has 0 unspecified atom stereocenters. The van der Waals surface area contributed by atoms with Gasteiger partial charge in [0, 0.05) is 19.2 Å². The fraction of sp³-hybridized carbons (Fsp3) is 0.143. The second-order valence-electron chi connectivity index (χ2n) is 2.14. The number of nitrogens with one attached hydrogen (secondary N) is 1. The Labute approximate surface area is 63.6 Å². The molecule has 0 aliphatic heterocycles. The average Bonchev–Trinajstić information content (AvgIpc) is 1.97. The summed E-state index contributed by atoms with van der Waals surface area (Å²) in [5, 5.41) is 11.6. The van der Waals surface area contributed by atoms with Crippen LogP contribution in [0.3, 0.4) is 0 Å². The first-order chi connectivity index (χ1) is 5.15. The summed E-state index contributed by atoms with van der Waals surface area (Å²) in [6, 6.07) is 2.31. The molecular formula is C7H9FN2O. The summed E-state index contributed by atoms with van der Waals surface area (Å²) in [6.45, 7) is 0. The maximum atomic E-state index is 12.5. The largest absolute Gasteiger partial charge is 0.505 e. The van der Waals surface area contributed by atoms with E-state index in [1.54, 1.807) is 7.05 Å². The second kappa shape index (κ2) is 2.65. The number of aromatic hydroxyl groups is 1. The SMILES string of the molecule is CNc1cc(O)c(F)cc1N. The number of nitrogen functional groups attached to an aromatic ring is 1. The number of halogens is 1. The van der Waals surface area contributed by atoms with E-state index in [2.05, 4.69) is 5.32 Å². The monoisotopic (exact) mass is 156 g/mol. The lowest BCUT2D eigenvalue weighted by atomic mass is 10.2. The van der Waals surface area contributed by atoms with Gasteiger partial charge >= 0.3 is 0 Å². The second-order valence-corrected chi connectivity index (χ2v) is 2.14. The number of hydrogen-bond donors (Lipinski definition) is 3. The third-order valence-corrected chi connectivity index (χ3v) is 1.39. The molecule has 60 valence electrons. The van der Waals surface area contributed by atoms with E-state index in [0.717, 1.165) is 6.07 Å². The van der Waals surface area contributed by atoms with E-state index in [1.165, 1.54) is 6.07 Å². The first-order valence-electron chi connectivity index (χ1n) is 3.11. The Balaban J connectivity index is 3.21. The highest BCUT2D eigenvalue weighted by molar-refractivity contribution is 5.68. The van der Waals surface area contributed by atoms with Crippen LogP contribution in [-0.2, 0) is 0 Å². The van der Waals surface area contributed by atoms with Gasteiger partial charge < -0.3 is 16.2 Å². The van der Waals surface area contributed by atoms with Gasteiger partial charge in [-0.1, -0.05) is 0 Å². The molecule has 3 nitrogen and oxygen atoms in total. The maximum absolute atomic E-state index is 12.5. The van der Waals surface area contributed by atoms with E-state index in [4.69, 9.17) is 10.8 Å². The van der Waals surface area contributed by atoms with Crippen molar-refractivity contribution in [2.45, 2.75) is 0 Å². The lowest BCUT2D eigenvalue weighted by Gasteiger charge is -2.05. The van der Waals surface area contributed by atoms with Gasteiger partial charge in [-0.15, -0.1) is 0 Å². The van der Waals surface area contributed by atoms with Crippen LogP contribution in [0, 0.1) is 5.82 Å². The van der Waals surface area contributed by atoms with Crippen LogP contribution in [0.25, 0.3) is 0 Å². The molecule has 0 atom stereocenters. The van der Waals surface area contributed by atoms with Gasteiger partial charge in [-0.05, 0) is 0 Å². The van der Waals surface area contributed by atoms with Crippen molar-refractivity contribution in [1.29, 1.82) is 0 Å². The molecule has 0 spiro atoms. The zero-order valence-corrected chi connectivity index (χ0v) is 6.06. The zero-order valence-electron chi connectivity index (χ0n) is 6.06. The molecule has 1 rings (SSSR count). The van der Waals surface area contributed by atoms with Gasteiger partial charge in [-0.2, -0.15) is 0 Å². The Morgan fingerprint density at radius 1 is 1.55 bits per heavy atom. The highest BCUT2D eigenvalue weighted by Gasteiger charge is 2.04. The number of anilines is 2. The third-order valence-electron chi connectivity index (χ3n) is 1.39. The lowest BCUT2D eigenvalue weighted by molar-refractivity contribution is 0.433. The molecule has 0 amide bonds. The predicted molar refractivity (Wildman–Crippen MR) is 42.0 cm³/mol. The van der Waals surface area contributed by atoms with Gasteiger partial charge in [0.2, 0.25) is 0 Å². The smallest absolute Gasteiger partial charge is 0.167 e. The van der Waals surface area contributed by atoms with Crippen molar-refractivity contribution < 1.29 is 9.50 Å². The minimum absolute atomic E-state index is 0.280. The topological polar surface area (TPSA) is 58.3 Å². The fourth-order valence-electron chi connectivity index (χ4n) is 0.794. The number of phenolic OH excluding ortho intramolecular Hbond substituents is 1. The molecule has 11 heavy (non-hydrogen) atoms. The number of nitrogens with two attached hydrogens (primary N) is 1. The third kappa shape index (κ3) is 1.34. The van der Waals surface area contributed by atoms with Crippen LogP contribution in [0.2, 0.25) is 0 Å². The summed E-state index contributed by atoms with van der Waals surface area (Å²) >= 11 is 0. The molecule has 0 aliphatic carbocycles. The summed E-state index contributed by atoms with van der Waals surface area (Å²) in [6.07, 6.45) is 0. The molecule has 0 aliphatic rings. The van der Waals surface area contributed by atoms with Crippen molar-refractivity contribution in [3.8, 4) is 5.75 Å². The molecule has 0 aromatic heterocycles. The summed E-state index contributed by atoms with van der Waals surface area (Å²) in [7, 11) is 1.64. The van der Waals surface area contributed by atoms with Crippen LogP contribution in [0.15, 0.2) is 12.1 Å². The Morgan fingerprint density at radius 3 is 2.73 bits per heavy atom.